The monoisotopic (exact) mass is 674 g/mol. The molecule has 1 heterocycles. The van der Waals surface area contributed by atoms with Gasteiger partial charge in [0, 0.05) is 26.2 Å². The second-order valence-corrected chi connectivity index (χ2v) is 14.3. The third kappa shape index (κ3) is 6.33. The van der Waals surface area contributed by atoms with Crippen LogP contribution >= 0.6 is 0 Å². The van der Waals surface area contributed by atoms with E-state index in [9.17, 15) is 29.1 Å². The Morgan fingerprint density at radius 1 is 0.854 bits per heavy atom. The van der Waals surface area contributed by atoms with E-state index in [0.29, 0.717) is 12.8 Å². The van der Waals surface area contributed by atoms with Crippen molar-refractivity contribution in [3.63, 3.8) is 0 Å². The van der Waals surface area contributed by atoms with Crippen molar-refractivity contribution in [2.24, 2.45) is 23.2 Å². The Balaban J connectivity index is 2.09. The molecule has 1 saturated heterocycles. The maximum atomic E-state index is 13.9. The molecule has 1 aromatic carbocycles. The highest BCUT2D eigenvalue weighted by atomic mass is 16.6. The molecule has 4 rings (SSSR count). The lowest BCUT2D eigenvalue weighted by Crippen LogP contribution is -2.83. The molecule has 0 amide bonds. The summed E-state index contributed by atoms with van der Waals surface area (Å²) in [6.45, 7) is 13.9. The molecule has 2 aliphatic carbocycles. The SMILES string of the molecule is CCC(C)C(=O)OC[C@]12[C@H](OC(=O)C(C)CC)C[C@@H]3[C@@H](OC(C)=O)[C@]1(OC3(C)C)[C@@](C)(O)C[C@H](OC(C)=O)[C@@H]2OC(=O)c1ccccc1. The van der Waals surface area contributed by atoms with Crippen LogP contribution in [0.1, 0.15) is 98.4 Å². The number of ether oxygens (including phenoxy) is 6. The van der Waals surface area contributed by atoms with Crippen molar-refractivity contribution >= 4 is 29.8 Å². The van der Waals surface area contributed by atoms with E-state index < -0.39 is 101 Å². The predicted molar refractivity (Wildman–Crippen MR) is 170 cm³/mol. The third-order valence-electron chi connectivity index (χ3n) is 10.7. The van der Waals surface area contributed by atoms with Crippen LogP contribution in [0.25, 0.3) is 0 Å². The Kier molecular flexibility index (Phi) is 10.7. The molecule has 2 saturated carbocycles. The van der Waals surface area contributed by atoms with Crippen LogP contribution in [0.3, 0.4) is 0 Å². The minimum absolute atomic E-state index is 0.0119. The average molecular weight is 675 g/mol. The van der Waals surface area contributed by atoms with Gasteiger partial charge in [-0.1, -0.05) is 45.9 Å². The molecule has 266 valence electrons. The van der Waals surface area contributed by atoms with Crippen LogP contribution in [0.15, 0.2) is 30.3 Å². The predicted octanol–water partition coefficient (Wildman–Crippen LogP) is 4.33. The molecule has 12 nitrogen and oxygen atoms in total. The molecule has 3 fully saturated rings. The zero-order valence-electron chi connectivity index (χ0n) is 29.4. The summed E-state index contributed by atoms with van der Waals surface area (Å²) in [5.41, 5.74) is -6.90. The largest absolute Gasteiger partial charge is 0.464 e. The summed E-state index contributed by atoms with van der Waals surface area (Å²) in [7, 11) is 0. The second kappa shape index (κ2) is 13.8. The number of fused-ring (bicyclic) bond motifs is 1. The number of esters is 5. The number of carbonyl (C=O) groups excluding carboxylic acids is 5. The van der Waals surface area contributed by atoms with Crippen molar-refractivity contribution in [1.29, 1.82) is 0 Å². The van der Waals surface area contributed by atoms with Gasteiger partial charge >= 0.3 is 29.8 Å². The van der Waals surface area contributed by atoms with Crippen molar-refractivity contribution in [3.8, 4) is 0 Å². The van der Waals surface area contributed by atoms with Gasteiger partial charge in [-0.2, -0.15) is 0 Å². The second-order valence-electron chi connectivity index (χ2n) is 14.3. The number of hydrogen-bond donors (Lipinski definition) is 1. The van der Waals surface area contributed by atoms with Gasteiger partial charge in [-0.05, 0) is 52.2 Å². The smallest absolute Gasteiger partial charge is 0.338 e. The molecular weight excluding hydrogens is 624 g/mol. The lowest BCUT2D eigenvalue weighted by atomic mass is 9.46. The lowest BCUT2D eigenvalue weighted by Gasteiger charge is -2.65. The molecule has 3 aliphatic rings. The van der Waals surface area contributed by atoms with Crippen molar-refractivity contribution in [2.75, 3.05) is 6.61 Å². The Hall–Kier alpha value is -3.51. The highest BCUT2D eigenvalue weighted by molar-refractivity contribution is 5.89. The van der Waals surface area contributed by atoms with E-state index >= 15 is 0 Å². The van der Waals surface area contributed by atoms with E-state index in [1.54, 1.807) is 58.0 Å². The van der Waals surface area contributed by atoms with E-state index in [4.69, 9.17) is 28.4 Å². The highest BCUT2D eigenvalue weighted by Crippen LogP contribution is 2.69. The summed E-state index contributed by atoms with van der Waals surface area (Å²) in [6, 6.07) is 8.12. The summed E-state index contributed by atoms with van der Waals surface area (Å²) in [4.78, 5) is 66.4. The molecule has 10 atom stereocenters. The first-order chi connectivity index (χ1) is 22.4. The summed E-state index contributed by atoms with van der Waals surface area (Å²) >= 11 is 0. The maximum Gasteiger partial charge on any atom is 0.338 e. The van der Waals surface area contributed by atoms with Gasteiger partial charge in [0.25, 0.3) is 0 Å². The fourth-order valence-electron chi connectivity index (χ4n) is 7.90. The first-order valence-corrected chi connectivity index (χ1v) is 16.8. The van der Waals surface area contributed by atoms with Crippen molar-refractivity contribution in [1.82, 2.24) is 0 Å². The minimum Gasteiger partial charge on any atom is -0.464 e. The zero-order valence-corrected chi connectivity index (χ0v) is 29.4. The Bertz CT molecular complexity index is 1390. The molecule has 2 bridgehead atoms. The van der Waals surface area contributed by atoms with Crippen molar-refractivity contribution < 1.29 is 57.5 Å². The molecule has 1 aromatic rings. The summed E-state index contributed by atoms with van der Waals surface area (Å²) in [5.74, 6) is -5.09. The molecular formula is C36H50O12. The van der Waals surface area contributed by atoms with E-state index in [-0.39, 0.29) is 18.4 Å². The van der Waals surface area contributed by atoms with Crippen LogP contribution in [0.5, 0.6) is 0 Å². The molecule has 0 radical (unpaired) electrons. The highest BCUT2D eigenvalue weighted by Gasteiger charge is 2.86. The van der Waals surface area contributed by atoms with Gasteiger partial charge in [0.05, 0.1) is 28.6 Å². The molecule has 0 aromatic heterocycles. The van der Waals surface area contributed by atoms with Gasteiger partial charge in [-0.15, -0.1) is 0 Å². The molecule has 2 unspecified atom stereocenters. The number of hydrogen-bond acceptors (Lipinski definition) is 12. The van der Waals surface area contributed by atoms with Crippen molar-refractivity contribution in [3.05, 3.63) is 35.9 Å². The van der Waals surface area contributed by atoms with Gasteiger partial charge in [0.1, 0.15) is 30.3 Å². The van der Waals surface area contributed by atoms with Gasteiger partial charge < -0.3 is 33.5 Å². The van der Waals surface area contributed by atoms with E-state index in [0.717, 1.165) is 0 Å². The van der Waals surface area contributed by atoms with Crippen LogP contribution in [0.2, 0.25) is 0 Å². The van der Waals surface area contributed by atoms with E-state index in [1.807, 2.05) is 13.8 Å². The first kappa shape index (κ1) is 37.3. The number of benzene rings is 1. The van der Waals surface area contributed by atoms with Crippen LogP contribution in [-0.2, 0) is 47.6 Å². The normalized spacial score (nSPS) is 34.5. The molecule has 12 heteroatoms. The summed E-state index contributed by atoms with van der Waals surface area (Å²) in [6.07, 6.45) is -4.69. The molecule has 1 N–H and O–H groups in total. The Morgan fingerprint density at radius 3 is 2.00 bits per heavy atom. The quantitative estimate of drug-likeness (QED) is 0.262. The number of carbonyl (C=O) groups is 5. The maximum absolute atomic E-state index is 13.9. The number of rotatable bonds is 11. The minimum atomic E-state index is -2.01. The van der Waals surface area contributed by atoms with Crippen LogP contribution in [0, 0.1) is 23.2 Å². The van der Waals surface area contributed by atoms with E-state index in [1.165, 1.54) is 20.8 Å². The van der Waals surface area contributed by atoms with Gasteiger partial charge in [-0.3, -0.25) is 19.2 Å². The number of aliphatic hydroxyl groups is 1. The first-order valence-electron chi connectivity index (χ1n) is 16.8. The fraction of sp³-hybridized carbons (Fsp3) is 0.694. The standard InChI is InChI=1S/C36H50O12/c1-10-20(3)30(39)43-19-35-27(46-31(40)21(4)11-2)17-25-28(45-23(6)38)36(35,48-33(25,7)8)34(9,42)18-26(44-22(5)37)29(35)47-32(41)24-15-13-12-14-16-24/h12-16,20-21,25-29,42H,10-11,17-19H2,1-9H3/t20?,21?,25-,26+,27-,28-,29+,34+,35-,36+/m1/s1. The molecule has 1 spiro atoms. The summed E-state index contributed by atoms with van der Waals surface area (Å²) in [5, 5.41) is 12.7. The van der Waals surface area contributed by atoms with Gasteiger partial charge in [-0.25, -0.2) is 4.79 Å². The average Bonchev–Trinajstić information content (AvgIpc) is 3.19. The Labute approximate surface area is 282 Å². The van der Waals surface area contributed by atoms with Gasteiger partial charge in [0.2, 0.25) is 0 Å². The topological polar surface area (TPSA) is 161 Å². The molecule has 1 aliphatic heterocycles. The van der Waals surface area contributed by atoms with E-state index in [2.05, 4.69) is 0 Å². The van der Waals surface area contributed by atoms with Crippen LogP contribution in [-0.4, -0.2) is 82.8 Å². The Morgan fingerprint density at radius 2 is 1.44 bits per heavy atom. The lowest BCUT2D eigenvalue weighted by molar-refractivity contribution is -0.355. The third-order valence-corrected chi connectivity index (χ3v) is 10.7. The van der Waals surface area contributed by atoms with Gasteiger partial charge in [0.15, 0.2) is 11.7 Å². The fourth-order valence-corrected chi connectivity index (χ4v) is 7.90. The van der Waals surface area contributed by atoms with Crippen LogP contribution in [0.4, 0.5) is 0 Å². The van der Waals surface area contributed by atoms with Crippen LogP contribution < -0.4 is 0 Å². The van der Waals surface area contributed by atoms with Crippen molar-refractivity contribution in [2.45, 2.75) is 129 Å². The summed E-state index contributed by atoms with van der Waals surface area (Å²) < 4.78 is 37.4. The molecule has 48 heavy (non-hydrogen) atoms. The zero-order chi connectivity index (χ0) is 35.8.